The third-order valence-corrected chi connectivity index (χ3v) is 3.03. The zero-order valence-electron chi connectivity index (χ0n) is 11.5. The average Bonchev–Trinajstić information content (AvgIpc) is 2.84. The van der Waals surface area contributed by atoms with Crippen LogP contribution in [0.1, 0.15) is 11.3 Å². The maximum Gasteiger partial charge on any atom is 0.165 e. The second kappa shape index (κ2) is 6.24. The highest BCUT2D eigenvalue weighted by atomic mass is 16.5. The van der Waals surface area contributed by atoms with E-state index < -0.39 is 0 Å². The lowest BCUT2D eigenvalue weighted by Crippen LogP contribution is -2.15. The van der Waals surface area contributed by atoms with E-state index in [4.69, 9.17) is 9.47 Å². The van der Waals surface area contributed by atoms with Gasteiger partial charge in [0.1, 0.15) is 0 Å². The van der Waals surface area contributed by atoms with Gasteiger partial charge in [0.15, 0.2) is 11.5 Å². The average molecular weight is 261 g/mol. The zero-order valence-corrected chi connectivity index (χ0v) is 11.5. The number of hydrogen-bond acceptors (Lipinski definition) is 4. The van der Waals surface area contributed by atoms with Crippen LogP contribution in [0.25, 0.3) is 0 Å². The van der Waals surface area contributed by atoms with E-state index in [1.165, 1.54) is 0 Å². The Kier molecular flexibility index (Phi) is 4.41. The molecule has 1 aromatic carbocycles. The minimum absolute atomic E-state index is 0.714. The van der Waals surface area contributed by atoms with Crippen molar-refractivity contribution in [2.45, 2.75) is 13.1 Å². The van der Waals surface area contributed by atoms with Gasteiger partial charge in [0, 0.05) is 31.9 Å². The van der Waals surface area contributed by atoms with Crippen molar-refractivity contribution >= 4 is 0 Å². The van der Waals surface area contributed by atoms with Gasteiger partial charge in [-0.2, -0.15) is 5.10 Å². The Morgan fingerprint density at radius 2 is 2.00 bits per heavy atom. The van der Waals surface area contributed by atoms with Gasteiger partial charge >= 0.3 is 0 Å². The van der Waals surface area contributed by atoms with Crippen molar-refractivity contribution in [1.29, 1.82) is 0 Å². The van der Waals surface area contributed by atoms with Crippen molar-refractivity contribution in [3.05, 3.63) is 41.7 Å². The monoisotopic (exact) mass is 261 g/mol. The van der Waals surface area contributed by atoms with E-state index in [-0.39, 0.29) is 0 Å². The molecule has 0 bridgehead atoms. The molecule has 2 rings (SSSR count). The molecular weight excluding hydrogens is 242 g/mol. The van der Waals surface area contributed by atoms with E-state index in [1.807, 2.05) is 36.0 Å². The zero-order chi connectivity index (χ0) is 13.7. The number of aryl methyl sites for hydroxylation is 1. The lowest BCUT2D eigenvalue weighted by molar-refractivity contribution is 0.350. The minimum atomic E-state index is 0.714. The summed E-state index contributed by atoms with van der Waals surface area (Å²) in [5, 5.41) is 7.51. The first-order chi connectivity index (χ1) is 9.26. The van der Waals surface area contributed by atoms with Crippen LogP contribution in [-0.2, 0) is 20.1 Å². The van der Waals surface area contributed by atoms with E-state index >= 15 is 0 Å². The lowest BCUT2D eigenvalue weighted by Gasteiger charge is -2.13. The number of benzene rings is 1. The molecule has 19 heavy (non-hydrogen) atoms. The Morgan fingerprint density at radius 1 is 1.16 bits per heavy atom. The first-order valence-corrected chi connectivity index (χ1v) is 6.13. The van der Waals surface area contributed by atoms with Crippen LogP contribution in [0.15, 0.2) is 30.5 Å². The molecule has 2 aromatic rings. The van der Waals surface area contributed by atoms with Gasteiger partial charge in [-0.1, -0.05) is 12.1 Å². The maximum absolute atomic E-state index is 5.40. The molecular formula is C14H19N3O2. The second-order valence-electron chi connectivity index (χ2n) is 4.20. The Bertz CT molecular complexity index is 537. The van der Waals surface area contributed by atoms with Crippen LogP contribution < -0.4 is 14.8 Å². The van der Waals surface area contributed by atoms with Crippen LogP contribution in [0.3, 0.4) is 0 Å². The van der Waals surface area contributed by atoms with Crippen LogP contribution >= 0.6 is 0 Å². The van der Waals surface area contributed by atoms with Gasteiger partial charge in [-0.25, -0.2) is 0 Å². The molecule has 0 saturated heterocycles. The van der Waals surface area contributed by atoms with Crippen molar-refractivity contribution in [3.63, 3.8) is 0 Å². The highest BCUT2D eigenvalue weighted by Crippen LogP contribution is 2.30. The smallest absolute Gasteiger partial charge is 0.165 e. The van der Waals surface area contributed by atoms with Gasteiger partial charge < -0.3 is 14.8 Å². The van der Waals surface area contributed by atoms with Gasteiger partial charge in [-0.3, -0.25) is 4.68 Å². The van der Waals surface area contributed by atoms with Gasteiger partial charge in [0.25, 0.3) is 0 Å². The quantitative estimate of drug-likeness (QED) is 0.860. The summed E-state index contributed by atoms with van der Waals surface area (Å²) in [6.45, 7) is 1.47. The number of aromatic nitrogens is 2. The van der Waals surface area contributed by atoms with E-state index in [0.717, 1.165) is 29.3 Å². The van der Waals surface area contributed by atoms with Gasteiger partial charge in [-0.15, -0.1) is 0 Å². The second-order valence-corrected chi connectivity index (χ2v) is 4.20. The maximum atomic E-state index is 5.40. The van der Waals surface area contributed by atoms with E-state index in [2.05, 4.69) is 10.4 Å². The molecule has 5 heteroatoms. The number of nitrogens with one attached hydrogen (secondary N) is 1. The molecule has 0 atom stereocenters. The Hall–Kier alpha value is -2.01. The molecule has 0 spiro atoms. The minimum Gasteiger partial charge on any atom is -0.493 e. The largest absolute Gasteiger partial charge is 0.493 e. The number of nitrogens with zero attached hydrogens (tertiary/aromatic N) is 2. The molecule has 102 valence electrons. The van der Waals surface area contributed by atoms with Gasteiger partial charge in [0.2, 0.25) is 0 Å². The molecule has 0 aliphatic carbocycles. The third-order valence-electron chi connectivity index (χ3n) is 3.03. The number of hydrogen-bond donors (Lipinski definition) is 1. The van der Waals surface area contributed by atoms with E-state index in [0.29, 0.717) is 6.54 Å². The first-order valence-electron chi connectivity index (χ1n) is 6.13. The third kappa shape index (κ3) is 3.06. The topological polar surface area (TPSA) is 48.3 Å². The summed E-state index contributed by atoms with van der Waals surface area (Å²) in [5.74, 6) is 1.53. The Morgan fingerprint density at radius 3 is 2.63 bits per heavy atom. The van der Waals surface area contributed by atoms with Gasteiger partial charge in [0.05, 0.1) is 19.9 Å². The molecule has 0 aliphatic heterocycles. The molecule has 1 N–H and O–H groups in total. The predicted octanol–water partition coefficient (Wildman–Crippen LogP) is 1.73. The van der Waals surface area contributed by atoms with E-state index in [1.54, 1.807) is 20.4 Å². The fraction of sp³-hybridized carbons (Fsp3) is 0.357. The molecule has 0 fully saturated rings. The van der Waals surface area contributed by atoms with Crippen molar-refractivity contribution < 1.29 is 9.47 Å². The summed E-state index contributed by atoms with van der Waals surface area (Å²) >= 11 is 0. The number of methoxy groups -OCH3 is 2. The SMILES string of the molecule is COc1cccc(CNCc2ccnn2C)c1OC. The summed E-state index contributed by atoms with van der Waals surface area (Å²) < 4.78 is 12.5. The Balaban J connectivity index is 2.01. The summed E-state index contributed by atoms with van der Waals surface area (Å²) in [4.78, 5) is 0. The highest BCUT2D eigenvalue weighted by molar-refractivity contribution is 5.46. The first kappa shape index (κ1) is 13.4. The fourth-order valence-corrected chi connectivity index (χ4v) is 1.99. The number of ether oxygens (including phenoxy) is 2. The fourth-order valence-electron chi connectivity index (χ4n) is 1.99. The standard InChI is InChI=1S/C14H19N3O2/c1-17-12(7-8-16-17)10-15-9-11-5-4-6-13(18-2)14(11)19-3/h4-8,15H,9-10H2,1-3H3. The molecule has 0 radical (unpaired) electrons. The van der Waals surface area contributed by atoms with Crippen LogP contribution in [0.5, 0.6) is 11.5 Å². The lowest BCUT2D eigenvalue weighted by atomic mass is 10.2. The number of rotatable bonds is 6. The van der Waals surface area contributed by atoms with Crippen molar-refractivity contribution in [2.24, 2.45) is 7.05 Å². The summed E-state index contributed by atoms with van der Waals surface area (Å²) in [5.41, 5.74) is 2.21. The summed E-state index contributed by atoms with van der Waals surface area (Å²) in [7, 11) is 5.23. The van der Waals surface area contributed by atoms with Crippen LogP contribution in [0.2, 0.25) is 0 Å². The van der Waals surface area contributed by atoms with Crippen LogP contribution in [0, 0.1) is 0 Å². The highest BCUT2D eigenvalue weighted by Gasteiger charge is 2.09. The molecule has 1 heterocycles. The normalized spacial score (nSPS) is 10.5. The molecule has 0 amide bonds. The van der Waals surface area contributed by atoms with E-state index in [9.17, 15) is 0 Å². The van der Waals surface area contributed by atoms with Crippen molar-refractivity contribution in [1.82, 2.24) is 15.1 Å². The molecule has 0 saturated carbocycles. The van der Waals surface area contributed by atoms with Gasteiger partial charge in [-0.05, 0) is 12.1 Å². The van der Waals surface area contributed by atoms with Crippen LogP contribution in [-0.4, -0.2) is 24.0 Å². The predicted molar refractivity (Wildman–Crippen MR) is 73.3 cm³/mol. The molecule has 1 aromatic heterocycles. The molecule has 0 unspecified atom stereocenters. The van der Waals surface area contributed by atoms with Crippen molar-refractivity contribution in [2.75, 3.05) is 14.2 Å². The van der Waals surface area contributed by atoms with Crippen LogP contribution in [0.4, 0.5) is 0 Å². The summed E-state index contributed by atoms with van der Waals surface area (Å²) in [6.07, 6.45) is 1.79. The Labute approximate surface area is 113 Å². The number of para-hydroxylation sites is 1. The molecule has 0 aliphatic rings. The molecule has 5 nitrogen and oxygen atoms in total. The summed E-state index contributed by atoms with van der Waals surface area (Å²) in [6, 6.07) is 7.87. The van der Waals surface area contributed by atoms with Crippen molar-refractivity contribution in [3.8, 4) is 11.5 Å².